The number of nitrogens with zero attached hydrogens (tertiary/aromatic N) is 1. The summed E-state index contributed by atoms with van der Waals surface area (Å²) in [5.74, 6) is 0. The van der Waals surface area contributed by atoms with E-state index in [1.807, 2.05) is 0 Å². The highest BCUT2D eigenvalue weighted by Crippen LogP contribution is 2.46. The minimum absolute atomic E-state index is 0.114. The molecule has 0 aromatic heterocycles. The molecule has 3 aliphatic rings. The van der Waals surface area contributed by atoms with E-state index in [4.69, 9.17) is 9.47 Å². The Hall–Kier alpha value is -0.160. The fourth-order valence-electron chi connectivity index (χ4n) is 3.25. The van der Waals surface area contributed by atoms with Gasteiger partial charge < -0.3 is 14.6 Å². The van der Waals surface area contributed by atoms with Gasteiger partial charge in [-0.3, -0.25) is 0 Å². The Balaban J connectivity index is 1.87. The Kier molecular flexibility index (Phi) is 2.28. The van der Waals surface area contributed by atoms with Crippen molar-refractivity contribution >= 4 is 0 Å². The summed E-state index contributed by atoms with van der Waals surface area (Å²) < 4.78 is 11.5. The molecule has 86 valence electrons. The van der Waals surface area contributed by atoms with Gasteiger partial charge in [0.2, 0.25) is 0 Å². The van der Waals surface area contributed by atoms with Gasteiger partial charge in [0.1, 0.15) is 12.5 Å². The van der Waals surface area contributed by atoms with E-state index in [0.29, 0.717) is 19.9 Å². The van der Waals surface area contributed by atoms with Crippen LogP contribution >= 0.6 is 0 Å². The number of hydrogen-bond donors (Lipinski definition) is 1. The van der Waals surface area contributed by atoms with Crippen LogP contribution in [-0.2, 0) is 9.47 Å². The van der Waals surface area contributed by atoms with Crippen molar-refractivity contribution in [2.24, 2.45) is 0 Å². The molecule has 1 saturated carbocycles. The second-order valence-electron chi connectivity index (χ2n) is 5.08. The van der Waals surface area contributed by atoms with Crippen molar-refractivity contribution in [1.29, 1.82) is 0 Å². The second-order valence-corrected chi connectivity index (χ2v) is 5.08. The molecular weight excluding hydrogens is 194 g/mol. The van der Waals surface area contributed by atoms with Crippen molar-refractivity contribution in [3.63, 3.8) is 0 Å². The quantitative estimate of drug-likeness (QED) is 0.696. The summed E-state index contributed by atoms with van der Waals surface area (Å²) in [6.45, 7) is 2.02. The molecule has 1 aliphatic carbocycles. The summed E-state index contributed by atoms with van der Waals surface area (Å²) in [5.41, 5.74) is -0.352. The lowest BCUT2D eigenvalue weighted by Crippen LogP contribution is -2.55. The van der Waals surface area contributed by atoms with Gasteiger partial charge in [-0.15, -0.1) is 0 Å². The van der Waals surface area contributed by atoms with E-state index in [1.54, 1.807) is 0 Å². The molecule has 0 bridgehead atoms. The highest BCUT2D eigenvalue weighted by Gasteiger charge is 2.58. The number of fused-ring (bicyclic) bond motifs is 2. The zero-order chi connectivity index (χ0) is 10.4. The van der Waals surface area contributed by atoms with Gasteiger partial charge in [-0.2, -0.15) is 0 Å². The number of rotatable bonds is 1. The summed E-state index contributed by atoms with van der Waals surface area (Å²) in [4.78, 5) is 2.28. The Labute approximate surface area is 90.2 Å². The van der Waals surface area contributed by atoms with Crippen LogP contribution in [0.25, 0.3) is 0 Å². The molecule has 1 spiro atoms. The first-order valence-electron chi connectivity index (χ1n) is 5.92. The average Bonchev–Trinajstić information content (AvgIpc) is 2.82. The van der Waals surface area contributed by atoms with Gasteiger partial charge in [-0.05, 0) is 25.7 Å². The molecule has 1 N–H and O–H groups in total. The topological polar surface area (TPSA) is 41.9 Å². The highest BCUT2D eigenvalue weighted by atomic mass is 16.6. The molecule has 15 heavy (non-hydrogen) atoms. The Morgan fingerprint density at radius 3 is 2.67 bits per heavy atom. The molecule has 0 amide bonds. The monoisotopic (exact) mass is 213 g/mol. The molecule has 2 saturated heterocycles. The minimum Gasteiger partial charge on any atom is -0.394 e. The minimum atomic E-state index is -0.239. The van der Waals surface area contributed by atoms with Gasteiger partial charge in [0.15, 0.2) is 0 Å². The van der Waals surface area contributed by atoms with Crippen LogP contribution in [0.3, 0.4) is 0 Å². The van der Waals surface area contributed by atoms with E-state index < -0.39 is 0 Å². The van der Waals surface area contributed by atoms with Crippen molar-refractivity contribution in [1.82, 2.24) is 4.90 Å². The normalized spacial score (nSPS) is 39.8. The summed E-state index contributed by atoms with van der Waals surface area (Å²) >= 11 is 0. The third-order valence-electron chi connectivity index (χ3n) is 4.19. The molecule has 0 aromatic rings. The second kappa shape index (κ2) is 3.42. The molecule has 4 nitrogen and oxygen atoms in total. The first kappa shape index (κ1) is 10.0. The fraction of sp³-hybridized carbons (Fsp3) is 1.00. The summed E-state index contributed by atoms with van der Waals surface area (Å²) in [6.07, 6.45) is 5.97. The number of aliphatic hydroxyl groups excluding tert-OH is 1. The maximum absolute atomic E-state index is 9.54. The molecule has 4 heteroatoms. The van der Waals surface area contributed by atoms with Crippen molar-refractivity contribution in [2.45, 2.75) is 43.4 Å². The summed E-state index contributed by atoms with van der Waals surface area (Å²) in [7, 11) is 0. The Morgan fingerprint density at radius 1 is 1.13 bits per heavy atom. The maximum atomic E-state index is 9.54. The van der Waals surface area contributed by atoms with Gasteiger partial charge in [0.05, 0.1) is 25.4 Å². The van der Waals surface area contributed by atoms with Crippen molar-refractivity contribution < 1.29 is 14.6 Å². The van der Waals surface area contributed by atoms with Crippen LogP contribution in [0.2, 0.25) is 0 Å². The molecule has 3 rings (SSSR count). The van der Waals surface area contributed by atoms with Crippen LogP contribution in [0.15, 0.2) is 0 Å². The molecule has 2 heterocycles. The van der Waals surface area contributed by atoms with Gasteiger partial charge in [0.25, 0.3) is 0 Å². The smallest absolute Gasteiger partial charge is 0.124 e. The van der Waals surface area contributed by atoms with Crippen LogP contribution in [0.4, 0.5) is 0 Å². The van der Waals surface area contributed by atoms with Crippen LogP contribution < -0.4 is 0 Å². The third kappa shape index (κ3) is 1.29. The van der Waals surface area contributed by atoms with Gasteiger partial charge >= 0.3 is 0 Å². The van der Waals surface area contributed by atoms with E-state index in [9.17, 15) is 5.11 Å². The first-order valence-corrected chi connectivity index (χ1v) is 5.92. The summed E-state index contributed by atoms with van der Waals surface area (Å²) in [5, 5.41) is 9.54. The molecule has 0 radical (unpaired) electrons. The number of aliphatic hydroxyl groups is 1. The molecule has 2 aliphatic heterocycles. The van der Waals surface area contributed by atoms with Crippen LogP contribution in [0.1, 0.15) is 32.1 Å². The van der Waals surface area contributed by atoms with Crippen molar-refractivity contribution in [2.75, 3.05) is 26.6 Å². The average molecular weight is 213 g/mol. The maximum Gasteiger partial charge on any atom is 0.124 e. The van der Waals surface area contributed by atoms with Gasteiger partial charge in [0, 0.05) is 0 Å². The van der Waals surface area contributed by atoms with E-state index in [1.165, 1.54) is 19.3 Å². The van der Waals surface area contributed by atoms with Gasteiger partial charge in [-0.25, -0.2) is 4.90 Å². The number of hydrogen-bond acceptors (Lipinski definition) is 4. The van der Waals surface area contributed by atoms with Crippen molar-refractivity contribution in [3.8, 4) is 0 Å². The van der Waals surface area contributed by atoms with E-state index in [-0.39, 0.29) is 17.9 Å². The van der Waals surface area contributed by atoms with Gasteiger partial charge in [-0.1, -0.05) is 6.42 Å². The van der Waals surface area contributed by atoms with E-state index in [2.05, 4.69) is 4.90 Å². The predicted octanol–water partition coefficient (Wildman–Crippen LogP) is 0.698. The lowest BCUT2D eigenvalue weighted by molar-refractivity contribution is -0.126. The molecule has 3 fully saturated rings. The highest BCUT2D eigenvalue weighted by molar-refractivity contribution is 5.05. The standard InChI is InChI=1S/C11H19NO3/c13-6-10-7-14-9-12(10)11(15-8-10)4-2-1-3-5-11/h13H,1-9H2/t10-/m1/s1. The lowest BCUT2D eigenvalue weighted by atomic mass is 9.89. The largest absolute Gasteiger partial charge is 0.394 e. The van der Waals surface area contributed by atoms with Crippen LogP contribution in [-0.4, -0.2) is 47.8 Å². The zero-order valence-electron chi connectivity index (χ0n) is 9.07. The lowest BCUT2D eigenvalue weighted by Gasteiger charge is -2.41. The Bertz CT molecular complexity index is 252. The third-order valence-corrected chi connectivity index (χ3v) is 4.19. The SMILES string of the molecule is OC[C@]12COCN1C1(CCCCC1)OC2. The van der Waals surface area contributed by atoms with E-state index >= 15 is 0 Å². The van der Waals surface area contributed by atoms with Crippen molar-refractivity contribution in [3.05, 3.63) is 0 Å². The van der Waals surface area contributed by atoms with Crippen LogP contribution in [0.5, 0.6) is 0 Å². The van der Waals surface area contributed by atoms with E-state index in [0.717, 1.165) is 12.8 Å². The molecule has 0 unspecified atom stereocenters. The predicted molar refractivity (Wildman–Crippen MR) is 54.2 cm³/mol. The zero-order valence-corrected chi connectivity index (χ0v) is 9.07. The fourth-order valence-corrected chi connectivity index (χ4v) is 3.25. The summed E-state index contributed by atoms with van der Waals surface area (Å²) in [6, 6.07) is 0. The molecular formula is C11H19NO3. The molecule has 0 aromatic carbocycles. The van der Waals surface area contributed by atoms with Crippen LogP contribution in [0, 0.1) is 0 Å². The first-order chi connectivity index (χ1) is 7.31. The molecule has 1 atom stereocenters. The number of ether oxygens (including phenoxy) is 2. The Morgan fingerprint density at radius 2 is 1.93 bits per heavy atom.